The number of phenols is 2. The van der Waals surface area contributed by atoms with E-state index in [0.29, 0.717) is 12.2 Å². The average Bonchev–Trinajstić information content (AvgIpc) is 2.36. The number of aromatic carboxylic acids is 1. The van der Waals surface area contributed by atoms with Crippen LogP contribution in [0.15, 0.2) is 42.5 Å². The number of carboxylic acid groups (broad SMARTS) is 1. The highest BCUT2D eigenvalue weighted by Gasteiger charge is 2.09. The summed E-state index contributed by atoms with van der Waals surface area (Å²) in [4.78, 5) is 10.7. The predicted molar refractivity (Wildman–Crippen MR) is 70.5 cm³/mol. The largest absolute Gasteiger partial charge is 0.508 e. The van der Waals surface area contributed by atoms with Gasteiger partial charge in [0.1, 0.15) is 17.1 Å². The van der Waals surface area contributed by atoms with Gasteiger partial charge in [-0.3, -0.25) is 0 Å². The Balaban J connectivity index is 2.08. The van der Waals surface area contributed by atoms with E-state index in [1.807, 2.05) is 6.07 Å². The first-order valence-electron chi connectivity index (χ1n) is 5.64. The molecule has 0 fully saturated rings. The zero-order valence-corrected chi connectivity index (χ0v) is 10.00. The highest BCUT2D eigenvalue weighted by atomic mass is 16.4. The zero-order chi connectivity index (χ0) is 13.8. The number of benzene rings is 2. The van der Waals surface area contributed by atoms with Gasteiger partial charge >= 0.3 is 5.97 Å². The van der Waals surface area contributed by atoms with Gasteiger partial charge in [0.25, 0.3) is 0 Å². The van der Waals surface area contributed by atoms with Gasteiger partial charge in [-0.2, -0.15) is 0 Å². The van der Waals surface area contributed by atoms with Crippen molar-refractivity contribution >= 4 is 11.7 Å². The number of aromatic hydroxyl groups is 2. The minimum absolute atomic E-state index is 0.136. The molecule has 2 rings (SSSR count). The van der Waals surface area contributed by atoms with E-state index in [4.69, 9.17) is 5.11 Å². The van der Waals surface area contributed by atoms with Crippen molar-refractivity contribution in [2.45, 2.75) is 6.54 Å². The third-order valence-electron chi connectivity index (χ3n) is 2.64. The summed E-state index contributed by atoms with van der Waals surface area (Å²) in [6.07, 6.45) is 0. The molecular weight excluding hydrogens is 246 g/mol. The van der Waals surface area contributed by atoms with Crippen LogP contribution < -0.4 is 5.32 Å². The second-order valence-electron chi connectivity index (χ2n) is 4.06. The van der Waals surface area contributed by atoms with E-state index < -0.39 is 5.97 Å². The smallest absolute Gasteiger partial charge is 0.339 e. The van der Waals surface area contributed by atoms with Crippen LogP contribution >= 0.6 is 0 Å². The van der Waals surface area contributed by atoms with E-state index in [1.54, 1.807) is 24.3 Å². The van der Waals surface area contributed by atoms with Gasteiger partial charge in [0.15, 0.2) is 0 Å². The fourth-order valence-corrected chi connectivity index (χ4v) is 1.69. The van der Waals surface area contributed by atoms with Crippen molar-refractivity contribution in [3.63, 3.8) is 0 Å². The van der Waals surface area contributed by atoms with Gasteiger partial charge in [-0.1, -0.05) is 12.1 Å². The van der Waals surface area contributed by atoms with Gasteiger partial charge in [-0.25, -0.2) is 4.79 Å². The summed E-state index contributed by atoms with van der Waals surface area (Å²) in [5.74, 6) is -1.27. The molecule has 2 aromatic carbocycles. The second-order valence-corrected chi connectivity index (χ2v) is 4.06. The third kappa shape index (κ3) is 3.16. The standard InChI is InChI=1S/C14H13NO4/c16-11-3-1-2-9(6-11)8-15-10-4-5-12(14(18)19)13(17)7-10/h1-7,15-17H,8H2,(H,18,19). The first kappa shape index (κ1) is 12.8. The van der Waals surface area contributed by atoms with E-state index >= 15 is 0 Å². The fourth-order valence-electron chi connectivity index (χ4n) is 1.69. The van der Waals surface area contributed by atoms with Crippen molar-refractivity contribution in [3.8, 4) is 11.5 Å². The Morgan fingerprint density at radius 2 is 1.89 bits per heavy atom. The van der Waals surface area contributed by atoms with Crippen LogP contribution in [0.4, 0.5) is 5.69 Å². The lowest BCUT2D eigenvalue weighted by Crippen LogP contribution is -2.01. The van der Waals surface area contributed by atoms with E-state index in [2.05, 4.69) is 5.32 Å². The van der Waals surface area contributed by atoms with E-state index in [-0.39, 0.29) is 17.1 Å². The van der Waals surface area contributed by atoms with Crippen molar-refractivity contribution in [3.05, 3.63) is 53.6 Å². The summed E-state index contributed by atoms with van der Waals surface area (Å²) in [7, 11) is 0. The SMILES string of the molecule is O=C(O)c1ccc(NCc2cccc(O)c2)cc1O. The quantitative estimate of drug-likeness (QED) is 0.677. The molecule has 0 atom stereocenters. The molecule has 4 N–H and O–H groups in total. The molecule has 0 aromatic heterocycles. The number of nitrogens with one attached hydrogen (secondary N) is 1. The van der Waals surface area contributed by atoms with Crippen LogP contribution in [0.5, 0.6) is 11.5 Å². The normalized spacial score (nSPS) is 10.1. The predicted octanol–water partition coefficient (Wildman–Crippen LogP) is 2.41. The molecule has 98 valence electrons. The molecule has 0 bridgehead atoms. The highest BCUT2D eigenvalue weighted by Crippen LogP contribution is 2.22. The number of phenolic OH excluding ortho intramolecular Hbond substituents is 1. The monoisotopic (exact) mass is 259 g/mol. The molecule has 0 aliphatic rings. The fraction of sp³-hybridized carbons (Fsp3) is 0.0714. The maximum Gasteiger partial charge on any atom is 0.339 e. The van der Waals surface area contributed by atoms with Crippen LogP contribution in [0.1, 0.15) is 15.9 Å². The van der Waals surface area contributed by atoms with Crippen LogP contribution in [0.2, 0.25) is 0 Å². The first-order valence-corrected chi connectivity index (χ1v) is 5.64. The Labute approximate surface area is 109 Å². The maximum absolute atomic E-state index is 10.7. The summed E-state index contributed by atoms with van der Waals surface area (Å²) in [6.45, 7) is 0.459. The summed E-state index contributed by atoms with van der Waals surface area (Å²) < 4.78 is 0. The van der Waals surface area contributed by atoms with Gasteiger partial charge < -0.3 is 20.6 Å². The van der Waals surface area contributed by atoms with Crippen molar-refractivity contribution < 1.29 is 20.1 Å². The topological polar surface area (TPSA) is 89.8 Å². The van der Waals surface area contributed by atoms with Gasteiger partial charge in [0, 0.05) is 18.3 Å². The lowest BCUT2D eigenvalue weighted by atomic mass is 10.1. The molecule has 0 heterocycles. The molecule has 0 aliphatic heterocycles. The average molecular weight is 259 g/mol. The van der Waals surface area contributed by atoms with E-state index in [9.17, 15) is 15.0 Å². The Hall–Kier alpha value is -2.69. The molecule has 19 heavy (non-hydrogen) atoms. The molecule has 0 saturated carbocycles. The van der Waals surface area contributed by atoms with E-state index in [0.717, 1.165) is 5.56 Å². The second kappa shape index (κ2) is 5.30. The first-order chi connectivity index (χ1) is 9.06. The number of carboxylic acids is 1. The minimum Gasteiger partial charge on any atom is -0.508 e. The van der Waals surface area contributed by atoms with Crippen molar-refractivity contribution in [1.29, 1.82) is 0 Å². The van der Waals surface area contributed by atoms with Crippen molar-refractivity contribution in [2.24, 2.45) is 0 Å². The summed E-state index contributed by atoms with van der Waals surface area (Å²) in [5.41, 5.74) is 1.34. The van der Waals surface area contributed by atoms with Crippen molar-refractivity contribution in [1.82, 2.24) is 0 Å². The van der Waals surface area contributed by atoms with Gasteiger partial charge in [-0.05, 0) is 29.8 Å². The van der Waals surface area contributed by atoms with Crippen LogP contribution in [-0.4, -0.2) is 21.3 Å². The molecule has 0 amide bonds. The van der Waals surface area contributed by atoms with Crippen LogP contribution in [-0.2, 0) is 6.54 Å². The lowest BCUT2D eigenvalue weighted by Gasteiger charge is -2.08. The summed E-state index contributed by atoms with van der Waals surface area (Å²) in [6, 6.07) is 11.0. The summed E-state index contributed by atoms with van der Waals surface area (Å²) >= 11 is 0. The molecule has 5 heteroatoms. The van der Waals surface area contributed by atoms with Crippen molar-refractivity contribution in [2.75, 3.05) is 5.32 Å². The molecule has 0 saturated heterocycles. The van der Waals surface area contributed by atoms with E-state index in [1.165, 1.54) is 12.1 Å². The molecular formula is C14H13NO4. The Morgan fingerprint density at radius 3 is 2.53 bits per heavy atom. The van der Waals surface area contributed by atoms with Gasteiger partial charge in [0.2, 0.25) is 0 Å². The Bertz CT molecular complexity index is 610. The zero-order valence-electron chi connectivity index (χ0n) is 10.00. The molecule has 0 aliphatic carbocycles. The highest BCUT2D eigenvalue weighted by molar-refractivity contribution is 5.91. The molecule has 5 nitrogen and oxygen atoms in total. The number of anilines is 1. The lowest BCUT2D eigenvalue weighted by molar-refractivity contribution is 0.0694. The van der Waals surface area contributed by atoms with Gasteiger partial charge in [-0.15, -0.1) is 0 Å². The Kier molecular flexibility index (Phi) is 3.56. The minimum atomic E-state index is -1.17. The number of carbonyl (C=O) groups is 1. The van der Waals surface area contributed by atoms with Crippen LogP contribution in [0.3, 0.4) is 0 Å². The Morgan fingerprint density at radius 1 is 1.11 bits per heavy atom. The molecule has 0 unspecified atom stereocenters. The molecule has 0 spiro atoms. The van der Waals surface area contributed by atoms with Crippen LogP contribution in [0.25, 0.3) is 0 Å². The number of hydrogen-bond donors (Lipinski definition) is 4. The van der Waals surface area contributed by atoms with Crippen LogP contribution in [0, 0.1) is 0 Å². The number of rotatable bonds is 4. The maximum atomic E-state index is 10.7. The molecule has 0 radical (unpaired) electrons. The summed E-state index contributed by atoms with van der Waals surface area (Å²) in [5, 5.41) is 30.7. The number of hydrogen-bond acceptors (Lipinski definition) is 4. The van der Waals surface area contributed by atoms with Gasteiger partial charge in [0.05, 0.1) is 0 Å². The molecule has 2 aromatic rings. The third-order valence-corrected chi connectivity index (χ3v) is 2.64.